The predicted octanol–water partition coefficient (Wildman–Crippen LogP) is 2.44. The monoisotopic (exact) mass is 336 g/mol. The first-order valence-corrected chi connectivity index (χ1v) is 9.64. The molecule has 0 bridgehead atoms. The fraction of sp³-hybridized carbons (Fsp3) is 0.895. The van der Waals surface area contributed by atoms with Crippen LogP contribution in [0.4, 0.5) is 0 Å². The smallest absolute Gasteiger partial charge is 0.225 e. The molecule has 0 aromatic carbocycles. The number of carbonyl (C=O) groups excluding carboxylic acids is 2. The van der Waals surface area contributed by atoms with E-state index in [9.17, 15) is 9.59 Å². The molecular formula is C19H32N2O3. The van der Waals surface area contributed by atoms with Crippen LogP contribution in [0.2, 0.25) is 0 Å². The first-order chi connectivity index (χ1) is 11.6. The molecule has 2 heterocycles. The number of hydrogen-bond acceptors (Lipinski definition) is 3. The van der Waals surface area contributed by atoms with Crippen LogP contribution in [0.3, 0.4) is 0 Å². The van der Waals surface area contributed by atoms with Gasteiger partial charge in [-0.25, -0.2) is 0 Å². The van der Waals surface area contributed by atoms with Crippen molar-refractivity contribution in [3.8, 4) is 0 Å². The molecule has 0 atom stereocenters. The van der Waals surface area contributed by atoms with Gasteiger partial charge in [0.25, 0.3) is 0 Å². The van der Waals surface area contributed by atoms with Crippen LogP contribution < -0.4 is 0 Å². The van der Waals surface area contributed by atoms with E-state index in [2.05, 4.69) is 11.8 Å². The molecule has 5 heteroatoms. The minimum atomic E-state index is -0.0204. The highest BCUT2D eigenvalue weighted by atomic mass is 16.5. The molecule has 3 aliphatic rings. The summed E-state index contributed by atoms with van der Waals surface area (Å²) in [6, 6.07) is 0. The summed E-state index contributed by atoms with van der Waals surface area (Å²) in [6.07, 6.45) is 7.94. The molecule has 0 N–H and O–H groups in total. The molecule has 0 radical (unpaired) electrons. The zero-order valence-corrected chi connectivity index (χ0v) is 15.3. The van der Waals surface area contributed by atoms with Gasteiger partial charge in [-0.1, -0.05) is 6.92 Å². The SMILES string of the molecule is COCCN1C(=O)CCC12CCN(C(=O)C1CCC(C)CC1)CC2. The van der Waals surface area contributed by atoms with Gasteiger partial charge in [-0.3, -0.25) is 9.59 Å². The van der Waals surface area contributed by atoms with Crippen molar-refractivity contribution < 1.29 is 14.3 Å². The van der Waals surface area contributed by atoms with Gasteiger partial charge in [-0.2, -0.15) is 0 Å². The largest absolute Gasteiger partial charge is 0.383 e. The van der Waals surface area contributed by atoms with Crippen LogP contribution in [0.1, 0.15) is 58.3 Å². The van der Waals surface area contributed by atoms with E-state index in [-0.39, 0.29) is 17.4 Å². The average Bonchev–Trinajstić information content (AvgIpc) is 2.89. The van der Waals surface area contributed by atoms with E-state index in [0.717, 1.165) is 51.1 Å². The van der Waals surface area contributed by atoms with Crippen molar-refractivity contribution in [1.82, 2.24) is 9.80 Å². The number of carbonyl (C=O) groups is 2. The lowest BCUT2D eigenvalue weighted by Gasteiger charge is -2.45. The van der Waals surface area contributed by atoms with Crippen molar-refractivity contribution in [2.75, 3.05) is 33.4 Å². The number of piperidine rings is 1. The Morgan fingerprint density at radius 1 is 1.17 bits per heavy atom. The molecule has 136 valence electrons. The molecule has 5 nitrogen and oxygen atoms in total. The quantitative estimate of drug-likeness (QED) is 0.792. The predicted molar refractivity (Wildman–Crippen MR) is 92.5 cm³/mol. The molecule has 1 aliphatic carbocycles. The maximum atomic E-state index is 12.8. The van der Waals surface area contributed by atoms with Gasteiger partial charge in [-0.05, 0) is 50.9 Å². The van der Waals surface area contributed by atoms with Gasteiger partial charge in [0.2, 0.25) is 11.8 Å². The summed E-state index contributed by atoms with van der Waals surface area (Å²) in [5.41, 5.74) is -0.0204. The third kappa shape index (κ3) is 3.46. The summed E-state index contributed by atoms with van der Waals surface area (Å²) in [4.78, 5) is 29.2. The van der Waals surface area contributed by atoms with E-state index in [0.29, 0.717) is 25.5 Å². The van der Waals surface area contributed by atoms with Gasteiger partial charge in [0, 0.05) is 44.6 Å². The fourth-order valence-electron chi connectivity index (χ4n) is 4.85. The first-order valence-electron chi connectivity index (χ1n) is 9.64. The van der Waals surface area contributed by atoms with Crippen LogP contribution in [0, 0.1) is 11.8 Å². The van der Waals surface area contributed by atoms with Gasteiger partial charge in [0.15, 0.2) is 0 Å². The third-order valence-corrected chi connectivity index (χ3v) is 6.57. The molecule has 24 heavy (non-hydrogen) atoms. The second kappa shape index (κ2) is 7.42. The molecule has 3 fully saturated rings. The van der Waals surface area contributed by atoms with Crippen molar-refractivity contribution in [2.45, 2.75) is 63.8 Å². The van der Waals surface area contributed by atoms with E-state index in [4.69, 9.17) is 4.74 Å². The molecular weight excluding hydrogens is 304 g/mol. The van der Waals surface area contributed by atoms with Crippen molar-refractivity contribution in [3.05, 3.63) is 0 Å². The minimum Gasteiger partial charge on any atom is -0.383 e. The number of nitrogens with zero attached hydrogens (tertiary/aromatic N) is 2. The summed E-state index contributed by atoms with van der Waals surface area (Å²) < 4.78 is 5.17. The summed E-state index contributed by atoms with van der Waals surface area (Å²) in [7, 11) is 1.68. The van der Waals surface area contributed by atoms with Crippen LogP contribution in [0.15, 0.2) is 0 Å². The standard InChI is InChI=1S/C19H32N2O3/c1-15-3-5-16(6-4-15)18(23)20-11-9-19(10-12-20)8-7-17(22)21(19)13-14-24-2/h15-16H,3-14H2,1-2H3. The van der Waals surface area contributed by atoms with E-state index < -0.39 is 0 Å². The Bertz CT molecular complexity index is 463. The maximum absolute atomic E-state index is 12.8. The molecule has 0 aromatic rings. The Kier molecular flexibility index (Phi) is 5.48. The van der Waals surface area contributed by atoms with Gasteiger partial charge in [-0.15, -0.1) is 0 Å². The van der Waals surface area contributed by atoms with Crippen molar-refractivity contribution in [3.63, 3.8) is 0 Å². The number of hydrogen-bond donors (Lipinski definition) is 0. The molecule has 2 amide bonds. The zero-order chi connectivity index (χ0) is 17.2. The van der Waals surface area contributed by atoms with Gasteiger partial charge < -0.3 is 14.5 Å². The van der Waals surface area contributed by atoms with Gasteiger partial charge in [0.1, 0.15) is 0 Å². The summed E-state index contributed by atoms with van der Waals surface area (Å²) in [5, 5.41) is 0. The molecule has 0 aromatic heterocycles. The number of ether oxygens (including phenoxy) is 1. The van der Waals surface area contributed by atoms with Crippen LogP contribution in [-0.4, -0.2) is 60.5 Å². The number of amides is 2. The minimum absolute atomic E-state index is 0.0204. The van der Waals surface area contributed by atoms with Crippen LogP contribution in [-0.2, 0) is 14.3 Å². The molecule has 3 rings (SSSR count). The lowest BCUT2D eigenvalue weighted by atomic mass is 9.81. The molecule has 2 aliphatic heterocycles. The first kappa shape index (κ1) is 17.7. The van der Waals surface area contributed by atoms with Crippen molar-refractivity contribution >= 4 is 11.8 Å². The second-order valence-corrected chi connectivity index (χ2v) is 8.04. The highest BCUT2D eigenvalue weighted by Crippen LogP contribution is 2.40. The Morgan fingerprint density at radius 3 is 2.46 bits per heavy atom. The summed E-state index contributed by atoms with van der Waals surface area (Å²) in [6.45, 7) is 5.18. The van der Waals surface area contributed by atoms with E-state index in [1.165, 1.54) is 12.8 Å². The number of likely N-dealkylation sites (tertiary alicyclic amines) is 2. The Balaban J connectivity index is 1.56. The van der Waals surface area contributed by atoms with Crippen molar-refractivity contribution in [1.29, 1.82) is 0 Å². The van der Waals surface area contributed by atoms with Gasteiger partial charge >= 0.3 is 0 Å². The Hall–Kier alpha value is -1.10. The highest BCUT2D eigenvalue weighted by Gasteiger charge is 2.47. The van der Waals surface area contributed by atoms with E-state index in [1.807, 2.05) is 4.90 Å². The average molecular weight is 336 g/mol. The zero-order valence-electron chi connectivity index (χ0n) is 15.3. The van der Waals surface area contributed by atoms with E-state index in [1.54, 1.807) is 7.11 Å². The fourth-order valence-corrected chi connectivity index (χ4v) is 4.85. The maximum Gasteiger partial charge on any atom is 0.225 e. The van der Waals surface area contributed by atoms with E-state index >= 15 is 0 Å². The highest BCUT2D eigenvalue weighted by molar-refractivity contribution is 5.81. The third-order valence-electron chi connectivity index (χ3n) is 6.57. The second-order valence-electron chi connectivity index (χ2n) is 8.04. The Labute approximate surface area is 145 Å². The molecule has 0 unspecified atom stereocenters. The molecule has 2 saturated heterocycles. The number of methoxy groups -OCH3 is 1. The lowest BCUT2D eigenvalue weighted by Crippen LogP contribution is -2.55. The Morgan fingerprint density at radius 2 is 1.83 bits per heavy atom. The molecule has 1 spiro atoms. The van der Waals surface area contributed by atoms with Crippen LogP contribution in [0.25, 0.3) is 0 Å². The summed E-state index contributed by atoms with van der Waals surface area (Å²) in [5.74, 6) is 1.64. The van der Waals surface area contributed by atoms with Crippen molar-refractivity contribution in [2.24, 2.45) is 11.8 Å². The van der Waals surface area contributed by atoms with Gasteiger partial charge in [0.05, 0.1) is 6.61 Å². The normalized spacial score (nSPS) is 30.2. The summed E-state index contributed by atoms with van der Waals surface area (Å²) >= 11 is 0. The number of rotatable bonds is 4. The van der Waals surface area contributed by atoms with Crippen LogP contribution in [0.5, 0.6) is 0 Å². The molecule has 1 saturated carbocycles. The topological polar surface area (TPSA) is 49.9 Å². The van der Waals surface area contributed by atoms with Crippen LogP contribution >= 0.6 is 0 Å². The lowest BCUT2D eigenvalue weighted by molar-refractivity contribution is -0.141.